The average molecular weight is 221 g/mol. The molecule has 1 aliphatic carbocycles. The maximum Gasteiger partial charge on any atom is 0.115 e. The van der Waals surface area contributed by atoms with Crippen LogP contribution in [0.3, 0.4) is 0 Å². The summed E-state index contributed by atoms with van der Waals surface area (Å²) in [6, 6.07) is 7.07. The van der Waals surface area contributed by atoms with E-state index in [0.29, 0.717) is 0 Å². The van der Waals surface area contributed by atoms with Crippen LogP contribution in [0.15, 0.2) is 24.3 Å². The highest BCUT2D eigenvalue weighted by Gasteiger charge is 2.37. The first-order chi connectivity index (χ1) is 7.41. The lowest BCUT2D eigenvalue weighted by molar-refractivity contribution is 0.000898. The fraction of sp³-hybridized carbons (Fsp3) is 0.538. The van der Waals surface area contributed by atoms with Crippen molar-refractivity contribution in [1.82, 2.24) is 0 Å². The van der Waals surface area contributed by atoms with Gasteiger partial charge in [0.2, 0.25) is 0 Å². The van der Waals surface area contributed by atoms with Crippen molar-refractivity contribution in [3.8, 4) is 5.75 Å². The number of hydrogen-bond donors (Lipinski definition) is 3. The Bertz CT molecular complexity index is 360. The SMILES string of the molecule is CC1(O)CCC(N)(c2ccc(O)cc2)CC1. The van der Waals surface area contributed by atoms with E-state index in [4.69, 9.17) is 5.73 Å². The predicted octanol–water partition coefficient (Wildman–Crippen LogP) is 1.87. The van der Waals surface area contributed by atoms with Gasteiger partial charge in [0.1, 0.15) is 5.75 Å². The van der Waals surface area contributed by atoms with E-state index >= 15 is 0 Å². The molecule has 3 heteroatoms. The molecule has 0 heterocycles. The second-order valence-corrected chi connectivity index (χ2v) is 5.20. The van der Waals surface area contributed by atoms with Crippen LogP contribution in [-0.4, -0.2) is 15.8 Å². The second-order valence-electron chi connectivity index (χ2n) is 5.20. The number of phenols is 1. The molecule has 1 fully saturated rings. The zero-order valence-corrected chi connectivity index (χ0v) is 9.61. The molecular weight excluding hydrogens is 202 g/mol. The Morgan fingerprint density at radius 2 is 1.56 bits per heavy atom. The molecule has 0 bridgehead atoms. The third kappa shape index (κ3) is 2.20. The van der Waals surface area contributed by atoms with E-state index in [1.54, 1.807) is 12.1 Å². The first kappa shape index (κ1) is 11.4. The fourth-order valence-electron chi connectivity index (χ4n) is 2.32. The van der Waals surface area contributed by atoms with Crippen LogP contribution in [0.4, 0.5) is 0 Å². The Morgan fingerprint density at radius 1 is 1.06 bits per heavy atom. The van der Waals surface area contributed by atoms with Gasteiger partial charge in [-0.05, 0) is 50.3 Å². The number of aromatic hydroxyl groups is 1. The van der Waals surface area contributed by atoms with Crippen molar-refractivity contribution in [2.75, 3.05) is 0 Å². The van der Waals surface area contributed by atoms with Gasteiger partial charge in [-0.3, -0.25) is 0 Å². The van der Waals surface area contributed by atoms with E-state index in [-0.39, 0.29) is 11.3 Å². The minimum Gasteiger partial charge on any atom is -0.508 e. The number of aliphatic hydroxyl groups is 1. The van der Waals surface area contributed by atoms with Gasteiger partial charge < -0.3 is 15.9 Å². The minimum absolute atomic E-state index is 0.259. The molecule has 1 aromatic carbocycles. The highest BCUT2D eigenvalue weighted by atomic mass is 16.3. The molecule has 0 aromatic heterocycles. The van der Waals surface area contributed by atoms with Crippen molar-refractivity contribution in [1.29, 1.82) is 0 Å². The normalized spacial score (nSPS) is 34.9. The van der Waals surface area contributed by atoms with Crippen molar-refractivity contribution in [3.05, 3.63) is 29.8 Å². The Labute approximate surface area is 95.9 Å². The molecule has 4 N–H and O–H groups in total. The maximum absolute atomic E-state index is 9.90. The summed E-state index contributed by atoms with van der Waals surface area (Å²) in [5, 5.41) is 19.1. The molecule has 0 atom stereocenters. The Morgan fingerprint density at radius 3 is 2.06 bits per heavy atom. The van der Waals surface area contributed by atoms with Crippen LogP contribution in [0.2, 0.25) is 0 Å². The molecule has 0 unspecified atom stereocenters. The van der Waals surface area contributed by atoms with Crippen molar-refractivity contribution >= 4 is 0 Å². The van der Waals surface area contributed by atoms with E-state index in [0.717, 1.165) is 31.2 Å². The lowest BCUT2D eigenvalue weighted by Crippen LogP contribution is -2.45. The van der Waals surface area contributed by atoms with Crippen molar-refractivity contribution in [2.45, 2.75) is 43.7 Å². The summed E-state index contributed by atoms with van der Waals surface area (Å²) in [5.74, 6) is 0.259. The summed E-state index contributed by atoms with van der Waals surface area (Å²) < 4.78 is 0. The summed E-state index contributed by atoms with van der Waals surface area (Å²) >= 11 is 0. The molecule has 0 spiro atoms. The van der Waals surface area contributed by atoms with Crippen LogP contribution >= 0.6 is 0 Å². The third-order valence-electron chi connectivity index (χ3n) is 3.66. The van der Waals surface area contributed by atoms with Gasteiger partial charge in [0.05, 0.1) is 5.60 Å². The predicted molar refractivity (Wildman–Crippen MR) is 63.1 cm³/mol. The van der Waals surface area contributed by atoms with E-state index in [1.807, 2.05) is 19.1 Å². The molecule has 3 nitrogen and oxygen atoms in total. The molecular formula is C13H19NO2. The maximum atomic E-state index is 9.90. The van der Waals surface area contributed by atoms with Crippen LogP contribution in [0.1, 0.15) is 38.2 Å². The number of benzene rings is 1. The lowest BCUT2D eigenvalue weighted by Gasteiger charge is -2.40. The Balaban J connectivity index is 2.18. The number of phenolic OH excluding ortho intramolecular Hbond substituents is 1. The van der Waals surface area contributed by atoms with Crippen LogP contribution in [-0.2, 0) is 5.54 Å². The minimum atomic E-state index is -0.570. The molecule has 1 saturated carbocycles. The van der Waals surface area contributed by atoms with Crippen LogP contribution in [0.25, 0.3) is 0 Å². The monoisotopic (exact) mass is 221 g/mol. The van der Waals surface area contributed by atoms with Gasteiger partial charge in [-0.1, -0.05) is 12.1 Å². The Kier molecular flexibility index (Phi) is 2.68. The molecule has 0 saturated heterocycles. The van der Waals surface area contributed by atoms with Gasteiger partial charge >= 0.3 is 0 Å². The largest absolute Gasteiger partial charge is 0.508 e. The van der Waals surface area contributed by atoms with E-state index < -0.39 is 5.60 Å². The molecule has 0 aliphatic heterocycles. The van der Waals surface area contributed by atoms with Gasteiger partial charge in [-0.15, -0.1) is 0 Å². The zero-order chi connectivity index (χ0) is 11.8. The number of hydrogen-bond acceptors (Lipinski definition) is 3. The van der Waals surface area contributed by atoms with Crippen molar-refractivity contribution in [3.63, 3.8) is 0 Å². The van der Waals surface area contributed by atoms with Crippen molar-refractivity contribution in [2.24, 2.45) is 5.73 Å². The number of rotatable bonds is 1. The Hall–Kier alpha value is -1.06. The van der Waals surface area contributed by atoms with Crippen LogP contribution in [0, 0.1) is 0 Å². The molecule has 0 radical (unpaired) electrons. The average Bonchev–Trinajstić information content (AvgIpc) is 2.24. The molecule has 1 aliphatic rings. The summed E-state index contributed by atoms with van der Waals surface area (Å²) in [6.07, 6.45) is 3.02. The van der Waals surface area contributed by atoms with Gasteiger partial charge in [-0.25, -0.2) is 0 Å². The topological polar surface area (TPSA) is 66.5 Å². The first-order valence-electron chi connectivity index (χ1n) is 5.72. The van der Waals surface area contributed by atoms with Gasteiger partial charge in [0.15, 0.2) is 0 Å². The fourth-order valence-corrected chi connectivity index (χ4v) is 2.32. The second kappa shape index (κ2) is 3.75. The van der Waals surface area contributed by atoms with E-state index in [1.165, 1.54) is 0 Å². The summed E-state index contributed by atoms with van der Waals surface area (Å²) in [7, 11) is 0. The first-order valence-corrected chi connectivity index (χ1v) is 5.72. The van der Waals surface area contributed by atoms with E-state index in [2.05, 4.69) is 0 Å². The van der Waals surface area contributed by atoms with Crippen LogP contribution in [0.5, 0.6) is 5.75 Å². The number of nitrogens with two attached hydrogens (primary N) is 1. The summed E-state index contributed by atoms with van der Waals surface area (Å²) in [6.45, 7) is 1.86. The summed E-state index contributed by atoms with van der Waals surface area (Å²) in [5.41, 5.74) is 6.48. The van der Waals surface area contributed by atoms with Crippen LogP contribution < -0.4 is 5.73 Å². The highest BCUT2D eigenvalue weighted by molar-refractivity contribution is 5.31. The van der Waals surface area contributed by atoms with Crippen molar-refractivity contribution < 1.29 is 10.2 Å². The lowest BCUT2D eigenvalue weighted by atomic mass is 9.72. The quantitative estimate of drug-likeness (QED) is 0.678. The van der Waals surface area contributed by atoms with Gasteiger partial charge in [0, 0.05) is 5.54 Å². The molecule has 0 amide bonds. The van der Waals surface area contributed by atoms with Gasteiger partial charge in [-0.2, -0.15) is 0 Å². The van der Waals surface area contributed by atoms with Gasteiger partial charge in [0.25, 0.3) is 0 Å². The zero-order valence-electron chi connectivity index (χ0n) is 9.61. The molecule has 88 valence electrons. The van der Waals surface area contributed by atoms with E-state index in [9.17, 15) is 10.2 Å². The molecule has 1 aromatic rings. The highest BCUT2D eigenvalue weighted by Crippen LogP contribution is 2.39. The third-order valence-corrected chi connectivity index (χ3v) is 3.66. The molecule has 2 rings (SSSR count). The smallest absolute Gasteiger partial charge is 0.115 e. The summed E-state index contributed by atoms with van der Waals surface area (Å²) in [4.78, 5) is 0. The molecule has 16 heavy (non-hydrogen) atoms. The standard InChI is InChI=1S/C13H19NO2/c1-12(16)6-8-13(14,9-7-12)10-2-4-11(15)5-3-10/h2-5,15-16H,6-9,14H2,1H3.